The van der Waals surface area contributed by atoms with Gasteiger partial charge in [-0.3, -0.25) is 0 Å². The maximum atomic E-state index is 6.39. The summed E-state index contributed by atoms with van der Waals surface area (Å²) in [7, 11) is 0. The van der Waals surface area contributed by atoms with Gasteiger partial charge in [-0.05, 0) is 32.3 Å². The van der Waals surface area contributed by atoms with Crippen molar-refractivity contribution in [1.82, 2.24) is 10.1 Å². The minimum absolute atomic E-state index is 0.417. The van der Waals surface area contributed by atoms with Gasteiger partial charge in [-0.15, -0.1) is 0 Å². The topological polar surface area (TPSA) is 78.1 Å². The first-order valence-corrected chi connectivity index (χ1v) is 7.71. The number of hydrogen-bond acceptors (Lipinski definition) is 5. The maximum absolute atomic E-state index is 6.39. The second kappa shape index (κ2) is 4.68. The molecule has 4 rings (SSSR count). The first kappa shape index (κ1) is 13.5. The largest absolute Gasteiger partial charge is 0.450 e. The number of nitrogens with zero attached hydrogens (tertiary/aromatic N) is 2. The average Bonchev–Trinajstić information content (AvgIpc) is 3.20. The number of nitrogens with two attached hydrogens (primary N) is 1. The summed E-state index contributed by atoms with van der Waals surface area (Å²) in [6.07, 6.45) is 4.04. The summed E-state index contributed by atoms with van der Waals surface area (Å²) in [5, 5.41) is 5.19. The Kier molecular flexibility index (Phi) is 2.87. The molecule has 114 valence electrons. The standard InChI is InChI=1S/C17H19N3O2/c1-10-6-5-7-12-11(2)14(21-13(10)12)15-19-16(20-22-15)17(18)8-3-4-9-17/h5-7H,3-4,8-9,18H2,1-2H3. The van der Waals surface area contributed by atoms with Crippen LogP contribution in [0.2, 0.25) is 0 Å². The third-order valence-electron chi connectivity index (χ3n) is 4.72. The Labute approximate surface area is 128 Å². The summed E-state index contributed by atoms with van der Waals surface area (Å²) in [6, 6.07) is 6.10. The predicted octanol–water partition coefficient (Wildman–Crippen LogP) is 3.83. The highest BCUT2D eigenvalue weighted by Crippen LogP contribution is 2.37. The fourth-order valence-electron chi connectivity index (χ4n) is 3.34. The van der Waals surface area contributed by atoms with E-state index < -0.39 is 5.54 Å². The average molecular weight is 297 g/mol. The molecule has 1 aromatic carbocycles. The Morgan fingerprint density at radius 1 is 1.18 bits per heavy atom. The zero-order valence-electron chi connectivity index (χ0n) is 12.8. The first-order valence-electron chi connectivity index (χ1n) is 7.71. The SMILES string of the molecule is Cc1c(-c2nc(C3(N)CCCC3)no2)oc2c(C)cccc12. The third-order valence-corrected chi connectivity index (χ3v) is 4.72. The lowest BCUT2D eigenvalue weighted by atomic mass is 9.99. The molecule has 5 heteroatoms. The molecule has 1 aliphatic carbocycles. The lowest BCUT2D eigenvalue weighted by Crippen LogP contribution is -2.34. The van der Waals surface area contributed by atoms with Gasteiger partial charge < -0.3 is 14.7 Å². The van der Waals surface area contributed by atoms with E-state index in [9.17, 15) is 0 Å². The van der Waals surface area contributed by atoms with E-state index in [0.29, 0.717) is 17.5 Å². The number of furan rings is 1. The van der Waals surface area contributed by atoms with Gasteiger partial charge in [-0.2, -0.15) is 4.98 Å². The van der Waals surface area contributed by atoms with Crippen molar-refractivity contribution in [2.24, 2.45) is 5.73 Å². The van der Waals surface area contributed by atoms with Crippen molar-refractivity contribution in [3.63, 3.8) is 0 Å². The summed E-state index contributed by atoms with van der Waals surface area (Å²) in [5.41, 5.74) is 8.93. The van der Waals surface area contributed by atoms with E-state index in [1.807, 2.05) is 32.0 Å². The van der Waals surface area contributed by atoms with Crippen molar-refractivity contribution < 1.29 is 8.94 Å². The van der Waals surface area contributed by atoms with Gasteiger partial charge in [0.05, 0.1) is 5.54 Å². The zero-order chi connectivity index (χ0) is 15.3. The van der Waals surface area contributed by atoms with E-state index in [1.54, 1.807) is 0 Å². The van der Waals surface area contributed by atoms with Gasteiger partial charge in [0, 0.05) is 10.9 Å². The number of rotatable bonds is 2. The van der Waals surface area contributed by atoms with E-state index in [1.165, 1.54) is 0 Å². The van der Waals surface area contributed by atoms with Crippen LogP contribution in [-0.2, 0) is 5.54 Å². The molecule has 0 amide bonds. The molecule has 0 saturated heterocycles. The second-order valence-electron chi connectivity index (χ2n) is 6.29. The highest BCUT2D eigenvalue weighted by molar-refractivity contribution is 5.88. The lowest BCUT2D eigenvalue weighted by molar-refractivity contribution is 0.369. The summed E-state index contributed by atoms with van der Waals surface area (Å²) >= 11 is 0. The maximum Gasteiger partial charge on any atom is 0.294 e. The van der Waals surface area contributed by atoms with Crippen LogP contribution in [0.5, 0.6) is 0 Å². The van der Waals surface area contributed by atoms with E-state index in [-0.39, 0.29) is 0 Å². The summed E-state index contributed by atoms with van der Waals surface area (Å²) in [5.74, 6) is 1.65. The van der Waals surface area contributed by atoms with Crippen molar-refractivity contribution in [2.75, 3.05) is 0 Å². The molecule has 2 aromatic heterocycles. The van der Waals surface area contributed by atoms with E-state index in [0.717, 1.165) is 47.8 Å². The number of fused-ring (bicyclic) bond motifs is 1. The third kappa shape index (κ3) is 1.89. The number of aromatic nitrogens is 2. The van der Waals surface area contributed by atoms with Crippen LogP contribution in [0.1, 0.15) is 42.6 Å². The summed E-state index contributed by atoms with van der Waals surface area (Å²) in [4.78, 5) is 4.52. The van der Waals surface area contributed by atoms with E-state index in [4.69, 9.17) is 14.7 Å². The molecule has 1 fully saturated rings. The molecule has 0 unspecified atom stereocenters. The van der Waals surface area contributed by atoms with Gasteiger partial charge in [0.1, 0.15) is 5.58 Å². The van der Waals surface area contributed by atoms with Crippen molar-refractivity contribution in [1.29, 1.82) is 0 Å². The number of aryl methyl sites for hydroxylation is 2. The second-order valence-corrected chi connectivity index (χ2v) is 6.29. The highest BCUT2D eigenvalue weighted by Gasteiger charge is 2.36. The van der Waals surface area contributed by atoms with Crippen LogP contribution in [-0.4, -0.2) is 10.1 Å². The molecule has 0 atom stereocenters. The molecule has 0 spiro atoms. The fraction of sp³-hybridized carbons (Fsp3) is 0.412. The zero-order valence-corrected chi connectivity index (χ0v) is 12.8. The fourth-order valence-corrected chi connectivity index (χ4v) is 3.34. The Morgan fingerprint density at radius 3 is 2.68 bits per heavy atom. The summed E-state index contributed by atoms with van der Waals surface area (Å²) in [6.45, 7) is 4.04. The van der Waals surface area contributed by atoms with Gasteiger partial charge >= 0.3 is 0 Å². The van der Waals surface area contributed by atoms with Gasteiger partial charge in [0.15, 0.2) is 11.6 Å². The normalized spacial score (nSPS) is 17.4. The molecule has 1 aliphatic rings. The molecule has 0 aliphatic heterocycles. The molecule has 22 heavy (non-hydrogen) atoms. The van der Waals surface area contributed by atoms with E-state index in [2.05, 4.69) is 10.1 Å². The van der Waals surface area contributed by atoms with Gasteiger partial charge in [-0.25, -0.2) is 0 Å². The smallest absolute Gasteiger partial charge is 0.294 e. The Bertz CT molecular complexity index is 841. The van der Waals surface area contributed by atoms with Crippen LogP contribution < -0.4 is 5.73 Å². The van der Waals surface area contributed by atoms with Gasteiger partial charge in [0.25, 0.3) is 5.89 Å². The molecule has 5 nitrogen and oxygen atoms in total. The predicted molar refractivity (Wildman–Crippen MR) is 83.3 cm³/mol. The molecular formula is C17H19N3O2. The lowest BCUT2D eigenvalue weighted by Gasteiger charge is -2.17. The quantitative estimate of drug-likeness (QED) is 0.777. The number of benzene rings is 1. The van der Waals surface area contributed by atoms with Crippen LogP contribution in [0.3, 0.4) is 0 Å². The molecule has 2 heterocycles. The minimum Gasteiger partial charge on any atom is -0.450 e. The van der Waals surface area contributed by atoms with Crippen LogP contribution >= 0.6 is 0 Å². The number of para-hydroxylation sites is 1. The highest BCUT2D eigenvalue weighted by atomic mass is 16.5. The Morgan fingerprint density at radius 2 is 1.95 bits per heavy atom. The van der Waals surface area contributed by atoms with Crippen LogP contribution in [0.4, 0.5) is 0 Å². The monoisotopic (exact) mass is 297 g/mol. The van der Waals surface area contributed by atoms with Crippen molar-refractivity contribution >= 4 is 11.0 Å². The molecule has 1 saturated carbocycles. The van der Waals surface area contributed by atoms with Crippen molar-refractivity contribution in [3.8, 4) is 11.7 Å². The summed E-state index contributed by atoms with van der Waals surface area (Å²) < 4.78 is 11.4. The van der Waals surface area contributed by atoms with Gasteiger partial charge in [-0.1, -0.05) is 36.2 Å². The first-order chi connectivity index (χ1) is 10.6. The van der Waals surface area contributed by atoms with Crippen molar-refractivity contribution in [3.05, 3.63) is 35.2 Å². The van der Waals surface area contributed by atoms with Crippen LogP contribution in [0.15, 0.2) is 27.1 Å². The Balaban J connectivity index is 1.81. The Hall–Kier alpha value is -2.14. The van der Waals surface area contributed by atoms with Gasteiger partial charge in [0.2, 0.25) is 0 Å². The molecule has 2 N–H and O–H groups in total. The van der Waals surface area contributed by atoms with Crippen LogP contribution in [0, 0.1) is 13.8 Å². The molecular weight excluding hydrogens is 278 g/mol. The van der Waals surface area contributed by atoms with Crippen LogP contribution in [0.25, 0.3) is 22.6 Å². The number of hydrogen-bond donors (Lipinski definition) is 1. The van der Waals surface area contributed by atoms with E-state index >= 15 is 0 Å². The molecule has 0 radical (unpaired) electrons. The minimum atomic E-state index is -0.447. The van der Waals surface area contributed by atoms with Crippen molar-refractivity contribution in [2.45, 2.75) is 45.1 Å². The molecule has 3 aromatic rings. The molecule has 0 bridgehead atoms.